The molecule has 0 fully saturated rings. The summed E-state index contributed by atoms with van der Waals surface area (Å²) in [5.41, 5.74) is 6.03. The molecule has 0 saturated heterocycles. The van der Waals surface area contributed by atoms with Gasteiger partial charge < -0.3 is 5.73 Å². The molecule has 0 aliphatic carbocycles. The van der Waals surface area contributed by atoms with Gasteiger partial charge in [-0.15, -0.1) is 0 Å². The third-order valence-electron chi connectivity index (χ3n) is 2.32. The van der Waals surface area contributed by atoms with Gasteiger partial charge in [0.1, 0.15) is 5.82 Å². The number of aromatic nitrogens is 2. The van der Waals surface area contributed by atoms with E-state index >= 15 is 0 Å². The number of hydrogen-bond donors (Lipinski definition) is 2. The van der Waals surface area contributed by atoms with Gasteiger partial charge in [-0.3, -0.25) is 14.6 Å². The second-order valence-electron chi connectivity index (χ2n) is 3.46. The molecule has 0 aliphatic heterocycles. The van der Waals surface area contributed by atoms with Crippen LogP contribution in [0.3, 0.4) is 0 Å². The summed E-state index contributed by atoms with van der Waals surface area (Å²) in [6.45, 7) is 0.393. The van der Waals surface area contributed by atoms with E-state index in [-0.39, 0.29) is 11.4 Å². The number of nitrogens with one attached hydrogen (secondary N) is 1. The summed E-state index contributed by atoms with van der Waals surface area (Å²) in [6.07, 6.45) is 2.06. The van der Waals surface area contributed by atoms with Gasteiger partial charge in [0.15, 0.2) is 0 Å². The number of rotatable bonds is 3. The quantitative estimate of drug-likeness (QED) is 0.805. The molecular weight excluding hydrogens is 209 g/mol. The van der Waals surface area contributed by atoms with Crippen LogP contribution in [0.25, 0.3) is 5.69 Å². The second kappa shape index (κ2) is 4.32. The molecule has 3 N–H and O–H groups in total. The number of halogens is 1. The van der Waals surface area contributed by atoms with Gasteiger partial charge in [0, 0.05) is 11.8 Å². The highest BCUT2D eigenvalue weighted by atomic mass is 19.1. The third-order valence-corrected chi connectivity index (χ3v) is 2.32. The average molecular weight is 221 g/mol. The first-order valence-electron chi connectivity index (χ1n) is 4.98. The lowest BCUT2D eigenvalue weighted by Crippen LogP contribution is -2.11. The largest absolute Gasteiger partial charge is 0.330 e. The Morgan fingerprint density at radius 2 is 2.12 bits per heavy atom. The van der Waals surface area contributed by atoms with E-state index < -0.39 is 0 Å². The minimum Gasteiger partial charge on any atom is -0.330 e. The highest BCUT2D eigenvalue weighted by molar-refractivity contribution is 5.32. The van der Waals surface area contributed by atoms with Crippen LogP contribution >= 0.6 is 0 Å². The van der Waals surface area contributed by atoms with Crippen LogP contribution in [-0.4, -0.2) is 16.3 Å². The molecule has 0 saturated carbocycles. The molecule has 4 nitrogen and oxygen atoms in total. The summed E-state index contributed by atoms with van der Waals surface area (Å²) in [5.74, 6) is -0.381. The molecule has 1 aromatic heterocycles. The maximum absolute atomic E-state index is 13.4. The van der Waals surface area contributed by atoms with Gasteiger partial charge in [0.2, 0.25) is 0 Å². The second-order valence-corrected chi connectivity index (χ2v) is 3.46. The van der Waals surface area contributed by atoms with Crippen molar-refractivity contribution in [3.63, 3.8) is 0 Å². The first-order chi connectivity index (χ1) is 7.72. The van der Waals surface area contributed by atoms with Gasteiger partial charge in [-0.2, -0.15) is 0 Å². The zero-order chi connectivity index (χ0) is 11.5. The molecule has 5 heteroatoms. The van der Waals surface area contributed by atoms with Crippen molar-refractivity contribution < 1.29 is 4.39 Å². The fraction of sp³-hybridized carbons (Fsp3) is 0.182. The molecule has 0 spiro atoms. The number of nitrogens with two attached hydrogens (primary N) is 1. The fourth-order valence-corrected chi connectivity index (χ4v) is 1.54. The molecule has 0 unspecified atom stereocenters. The normalized spacial score (nSPS) is 10.6. The lowest BCUT2D eigenvalue weighted by atomic mass is 10.2. The van der Waals surface area contributed by atoms with E-state index in [4.69, 9.17) is 5.73 Å². The van der Waals surface area contributed by atoms with E-state index in [1.807, 2.05) is 0 Å². The maximum Gasteiger partial charge on any atom is 0.267 e. The summed E-state index contributed by atoms with van der Waals surface area (Å²) < 4.78 is 14.8. The Morgan fingerprint density at radius 3 is 2.81 bits per heavy atom. The monoisotopic (exact) mass is 221 g/mol. The fourth-order valence-electron chi connectivity index (χ4n) is 1.54. The van der Waals surface area contributed by atoms with Crippen molar-refractivity contribution in [3.05, 3.63) is 52.2 Å². The predicted molar refractivity (Wildman–Crippen MR) is 59.1 cm³/mol. The van der Waals surface area contributed by atoms with Crippen molar-refractivity contribution in [2.45, 2.75) is 6.42 Å². The maximum atomic E-state index is 13.4. The number of hydrogen-bond acceptors (Lipinski definition) is 2. The summed E-state index contributed by atoms with van der Waals surface area (Å²) >= 11 is 0. The molecule has 0 amide bonds. The van der Waals surface area contributed by atoms with Crippen LogP contribution in [0.2, 0.25) is 0 Å². The van der Waals surface area contributed by atoms with Crippen molar-refractivity contribution in [1.29, 1.82) is 0 Å². The molecule has 16 heavy (non-hydrogen) atoms. The van der Waals surface area contributed by atoms with Crippen LogP contribution < -0.4 is 11.3 Å². The Hall–Kier alpha value is -1.88. The SMILES string of the molecule is NCCc1cn(-c2ccccc2F)[nH]c1=O. The highest BCUT2D eigenvalue weighted by Crippen LogP contribution is 2.10. The minimum absolute atomic E-state index is 0.228. The zero-order valence-corrected chi connectivity index (χ0v) is 8.61. The summed E-state index contributed by atoms with van der Waals surface area (Å²) in [6, 6.07) is 6.24. The Kier molecular flexibility index (Phi) is 2.87. The Bertz CT molecular complexity index is 544. The van der Waals surface area contributed by atoms with Gasteiger partial charge >= 0.3 is 0 Å². The van der Waals surface area contributed by atoms with E-state index in [0.717, 1.165) is 0 Å². The third kappa shape index (κ3) is 1.90. The molecule has 0 aliphatic rings. The van der Waals surface area contributed by atoms with Crippen LogP contribution in [-0.2, 0) is 6.42 Å². The van der Waals surface area contributed by atoms with Crippen molar-refractivity contribution in [3.8, 4) is 5.69 Å². The molecule has 84 valence electrons. The van der Waals surface area contributed by atoms with E-state index in [1.165, 1.54) is 10.7 Å². The smallest absolute Gasteiger partial charge is 0.267 e. The Balaban J connectivity index is 2.46. The number of aromatic amines is 1. The van der Waals surface area contributed by atoms with Gasteiger partial charge in [-0.05, 0) is 25.1 Å². The topological polar surface area (TPSA) is 63.8 Å². The Morgan fingerprint density at radius 1 is 1.38 bits per heavy atom. The van der Waals surface area contributed by atoms with Gasteiger partial charge in [-0.25, -0.2) is 4.39 Å². The average Bonchev–Trinajstić information content (AvgIpc) is 2.61. The van der Waals surface area contributed by atoms with E-state index in [0.29, 0.717) is 24.2 Å². The predicted octanol–water partition coefficient (Wildman–Crippen LogP) is 0.806. The van der Waals surface area contributed by atoms with E-state index in [1.54, 1.807) is 24.4 Å². The first kappa shape index (κ1) is 10.6. The molecule has 0 atom stereocenters. The summed E-state index contributed by atoms with van der Waals surface area (Å²) in [7, 11) is 0. The summed E-state index contributed by atoms with van der Waals surface area (Å²) in [4.78, 5) is 11.5. The molecule has 0 radical (unpaired) electrons. The molecule has 2 rings (SSSR count). The van der Waals surface area contributed by atoms with Gasteiger partial charge in [-0.1, -0.05) is 12.1 Å². The first-order valence-corrected chi connectivity index (χ1v) is 4.98. The van der Waals surface area contributed by atoms with Gasteiger partial charge in [0.25, 0.3) is 5.56 Å². The van der Waals surface area contributed by atoms with Crippen LogP contribution in [0, 0.1) is 5.82 Å². The van der Waals surface area contributed by atoms with Crippen LogP contribution in [0.15, 0.2) is 35.3 Å². The number of nitrogens with zero attached hydrogens (tertiary/aromatic N) is 1. The lowest BCUT2D eigenvalue weighted by molar-refractivity contribution is 0.610. The standard InChI is InChI=1S/C11H12FN3O/c12-9-3-1-2-4-10(9)15-7-8(5-6-13)11(16)14-15/h1-4,7H,5-6,13H2,(H,14,16). The molecule has 1 aromatic carbocycles. The van der Waals surface area contributed by atoms with Crippen molar-refractivity contribution >= 4 is 0 Å². The summed E-state index contributed by atoms with van der Waals surface area (Å²) in [5, 5.41) is 2.55. The van der Waals surface area contributed by atoms with E-state index in [9.17, 15) is 9.18 Å². The molecule has 2 aromatic rings. The number of H-pyrrole nitrogens is 1. The molecular formula is C11H12FN3O. The Labute approximate surface area is 91.5 Å². The molecule has 1 heterocycles. The zero-order valence-electron chi connectivity index (χ0n) is 8.61. The molecule has 0 bridgehead atoms. The highest BCUT2D eigenvalue weighted by Gasteiger charge is 2.07. The van der Waals surface area contributed by atoms with Crippen LogP contribution in [0.1, 0.15) is 5.56 Å². The van der Waals surface area contributed by atoms with E-state index in [2.05, 4.69) is 5.10 Å². The minimum atomic E-state index is -0.381. The van der Waals surface area contributed by atoms with Crippen molar-refractivity contribution in [2.24, 2.45) is 5.73 Å². The number of benzene rings is 1. The number of para-hydroxylation sites is 1. The van der Waals surface area contributed by atoms with Crippen molar-refractivity contribution in [1.82, 2.24) is 9.78 Å². The van der Waals surface area contributed by atoms with Gasteiger partial charge in [0.05, 0.1) is 5.69 Å². The van der Waals surface area contributed by atoms with Crippen LogP contribution in [0.5, 0.6) is 0 Å². The van der Waals surface area contributed by atoms with Crippen molar-refractivity contribution in [2.75, 3.05) is 6.54 Å². The lowest BCUT2D eigenvalue weighted by Gasteiger charge is -2.02. The van der Waals surface area contributed by atoms with Crippen LogP contribution in [0.4, 0.5) is 4.39 Å².